The van der Waals surface area contributed by atoms with Crippen LogP contribution >= 0.6 is 23.4 Å². The molecule has 1 aromatic rings. The van der Waals surface area contributed by atoms with Crippen LogP contribution in [0.2, 0.25) is 5.02 Å². The fourth-order valence-corrected chi connectivity index (χ4v) is 3.70. The number of nitrogens with zero attached hydrogens (tertiary/aromatic N) is 1. The number of amides is 1. The summed E-state index contributed by atoms with van der Waals surface area (Å²) < 4.78 is 0. The van der Waals surface area contributed by atoms with Gasteiger partial charge < -0.3 is 10.0 Å². The maximum atomic E-state index is 12.6. The lowest BCUT2D eigenvalue weighted by Crippen LogP contribution is -2.50. The van der Waals surface area contributed by atoms with Crippen LogP contribution in [-0.2, 0) is 9.59 Å². The van der Waals surface area contributed by atoms with Crippen molar-refractivity contribution < 1.29 is 14.7 Å². The molecule has 1 N–H and O–H groups in total. The number of hydrogen-bond donors (Lipinski definition) is 1. The number of rotatable bonds is 4. The summed E-state index contributed by atoms with van der Waals surface area (Å²) in [5.74, 6) is -0.838. The van der Waals surface area contributed by atoms with Crippen LogP contribution in [-0.4, -0.2) is 40.2 Å². The van der Waals surface area contributed by atoms with E-state index in [1.807, 2.05) is 19.1 Å². The highest BCUT2D eigenvalue weighted by Gasteiger charge is 2.40. The number of carbonyl (C=O) groups is 2. The third kappa shape index (κ3) is 3.96. The number of carboxylic acids is 1. The first kappa shape index (κ1) is 17.2. The van der Waals surface area contributed by atoms with E-state index < -0.39 is 11.4 Å². The van der Waals surface area contributed by atoms with Crippen molar-refractivity contribution in [2.45, 2.75) is 36.8 Å². The standard InChI is InChI=1S/C16H20ClNO3S/c1-11(22-13-6-4-12(17)5-7-13)14(19)18-9-3-8-16(2,10-18)15(20)21/h4-7,11H,3,8-10H2,1-2H3,(H,20,21). The number of thioether (sulfide) groups is 1. The fraction of sp³-hybridized carbons (Fsp3) is 0.500. The monoisotopic (exact) mass is 341 g/mol. The zero-order valence-electron chi connectivity index (χ0n) is 12.7. The minimum atomic E-state index is -0.835. The molecule has 1 aliphatic heterocycles. The Kier molecular flexibility index (Phi) is 5.40. The molecule has 1 heterocycles. The predicted molar refractivity (Wildman–Crippen MR) is 88.3 cm³/mol. The molecule has 0 saturated carbocycles. The summed E-state index contributed by atoms with van der Waals surface area (Å²) in [6.07, 6.45) is 1.34. The predicted octanol–water partition coefficient (Wildman–Crippen LogP) is 3.53. The number of benzene rings is 1. The maximum Gasteiger partial charge on any atom is 0.311 e. The second-order valence-corrected chi connectivity index (χ2v) is 7.79. The van der Waals surface area contributed by atoms with Crippen molar-refractivity contribution in [3.05, 3.63) is 29.3 Å². The van der Waals surface area contributed by atoms with Crippen LogP contribution in [0, 0.1) is 5.41 Å². The Morgan fingerprint density at radius 1 is 1.36 bits per heavy atom. The van der Waals surface area contributed by atoms with Crippen molar-refractivity contribution in [2.24, 2.45) is 5.41 Å². The average Bonchev–Trinajstić information content (AvgIpc) is 2.48. The molecule has 1 aromatic carbocycles. The lowest BCUT2D eigenvalue weighted by molar-refractivity contribution is -0.153. The van der Waals surface area contributed by atoms with Crippen LogP contribution in [0.3, 0.4) is 0 Å². The summed E-state index contributed by atoms with van der Waals surface area (Å²) in [4.78, 5) is 26.6. The number of aliphatic carboxylic acids is 1. The molecule has 120 valence electrons. The Hall–Kier alpha value is -1.20. The number of piperidine rings is 1. The Morgan fingerprint density at radius 2 is 2.00 bits per heavy atom. The molecule has 0 aromatic heterocycles. The van der Waals surface area contributed by atoms with Crippen LogP contribution < -0.4 is 0 Å². The molecule has 2 unspecified atom stereocenters. The Bertz CT molecular complexity index is 563. The van der Waals surface area contributed by atoms with E-state index in [0.29, 0.717) is 18.0 Å². The maximum absolute atomic E-state index is 12.6. The smallest absolute Gasteiger partial charge is 0.311 e. The van der Waals surface area contributed by atoms with E-state index >= 15 is 0 Å². The van der Waals surface area contributed by atoms with Gasteiger partial charge in [-0.15, -0.1) is 11.8 Å². The Balaban J connectivity index is 2.01. The van der Waals surface area contributed by atoms with Gasteiger partial charge in [0.05, 0.1) is 10.7 Å². The van der Waals surface area contributed by atoms with E-state index in [-0.39, 0.29) is 17.7 Å². The van der Waals surface area contributed by atoms with Crippen molar-refractivity contribution in [3.63, 3.8) is 0 Å². The topological polar surface area (TPSA) is 57.6 Å². The molecule has 0 radical (unpaired) electrons. The second-order valence-electron chi connectivity index (χ2n) is 5.94. The zero-order valence-corrected chi connectivity index (χ0v) is 14.3. The van der Waals surface area contributed by atoms with E-state index in [1.165, 1.54) is 11.8 Å². The van der Waals surface area contributed by atoms with Gasteiger partial charge in [-0.2, -0.15) is 0 Å². The molecule has 2 rings (SSSR count). The van der Waals surface area contributed by atoms with Crippen molar-refractivity contribution in [3.8, 4) is 0 Å². The molecule has 0 bridgehead atoms. The molecule has 1 fully saturated rings. The lowest BCUT2D eigenvalue weighted by Gasteiger charge is -2.38. The van der Waals surface area contributed by atoms with Gasteiger partial charge in [0.1, 0.15) is 0 Å². The first-order valence-corrected chi connectivity index (χ1v) is 8.52. The summed E-state index contributed by atoms with van der Waals surface area (Å²) in [5.41, 5.74) is -0.835. The number of carbonyl (C=O) groups excluding carboxylic acids is 1. The van der Waals surface area contributed by atoms with Gasteiger partial charge in [-0.25, -0.2) is 0 Å². The summed E-state index contributed by atoms with van der Waals surface area (Å²) in [6.45, 7) is 4.49. The van der Waals surface area contributed by atoms with Gasteiger partial charge in [-0.05, 0) is 51.0 Å². The molecular weight excluding hydrogens is 322 g/mol. The Labute approximate surface area is 139 Å². The van der Waals surface area contributed by atoms with Gasteiger partial charge in [-0.3, -0.25) is 9.59 Å². The minimum absolute atomic E-state index is 0.00729. The molecule has 22 heavy (non-hydrogen) atoms. The third-order valence-corrected chi connectivity index (χ3v) is 5.35. The molecule has 4 nitrogen and oxygen atoms in total. The van der Waals surface area contributed by atoms with Gasteiger partial charge in [0.25, 0.3) is 0 Å². The highest BCUT2D eigenvalue weighted by Crippen LogP contribution is 2.32. The highest BCUT2D eigenvalue weighted by atomic mass is 35.5. The Morgan fingerprint density at radius 3 is 2.59 bits per heavy atom. The molecule has 1 aliphatic rings. The van der Waals surface area contributed by atoms with Crippen molar-refractivity contribution in [2.75, 3.05) is 13.1 Å². The van der Waals surface area contributed by atoms with Gasteiger partial charge >= 0.3 is 5.97 Å². The lowest BCUT2D eigenvalue weighted by atomic mass is 9.82. The highest BCUT2D eigenvalue weighted by molar-refractivity contribution is 8.00. The van der Waals surface area contributed by atoms with E-state index in [9.17, 15) is 14.7 Å². The first-order valence-electron chi connectivity index (χ1n) is 7.26. The molecule has 0 aliphatic carbocycles. The van der Waals surface area contributed by atoms with Crippen LogP contribution in [0.4, 0.5) is 0 Å². The van der Waals surface area contributed by atoms with Crippen LogP contribution in [0.5, 0.6) is 0 Å². The van der Waals surface area contributed by atoms with Crippen LogP contribution in [0.25, 0.3) is 0 Å². The molecule has 2 atom stereocenters. The number of carboxylic acid groups (broad SMARTS) is 1. The molecule has 6 heteroatoms. The SMILES string of the molecule is CC(Sc1ccc(Cl)cc1)C(=O)N1CCCC(C)(C(=O)O)C1. The van der Waals surface area contributed by atoms with Crippen LogP contribution in [0.1, 0.15) is 26.7 Å². The van der Waals surface area contributed by atoms with Crippen molar-refractivity contribution in [1.82, 2.24) is 4.90 Å². The van der Waals surface area contributed by atoms with Gasteiger partial charge in [0.2, 0.25) is 5.91 Å². The normalized spacial score (nSPS) is 23.1. The minimum Gasteiger partial charge on any atom is -0.481 e. The number of hydrogen-bond acceptors (Lipinski definition) is 3. The molecular formula is C16H20ClNO3S. The average molecular weight is 342 g/mol. The molecule has 0 spiro atoms. The molecule has 1 saturated heterocycles. The fourth-order valence-electron chi connectivity index (χ4n) is 2.63. The van der Waals surface area contributed by atoms with Gasteiger partial charge in [-0.1, -0.05) is 11.6 Å². The van der Waals surface area contributed by atoms with E-state index in [0.717, 1.165) is 11.3 Å². The van der Waals surface area contributed by atoms with Crippen molar-refractivity contribution >= 4 is 35.2 Å². The zero-order chi connectivity index (χ0) is 16.3. The summed E-state index contributed by atoms with van der Waals surface area (Å²) in [5, 5.41) is 9.75. The van der Waals surface area contributed by atoms with E-state index in [2.05, 4.69) is 0 Å². The largest absolute Gasteiger partial charge is 0.481 e. The quantitative estimate of drug-likeness (QED) is 0.851. The molecule has 1 amide bonds. The summed E-state index contributed by atoms with van der Waals surface area (Å²) in [7, 11) is 0. The van der Waals surface area contributed by atoms with E-state index in [1.54, 1.807) is 24.0 Å². The number of likely N-dealkylation sites (tertiary alicyclic amines) is 1. The third-order valence-electron chi connectivity index (χ3n) is 4.00. The van der Waals surface area contributed by atoms with Crippen molar-refractivity contribution in [1.29, 1.82) is 0 Å². The second kappa shape index (κ2) is 6.92. The van der Waals surface area contributed by atoms with Crippen LogP contribution in [0.15, 0.2) is 29.2 Å². The van der Waals surface area contributed by atoms with E-state index in [4.69, 9.17) is 11.6 Å². The van der Waals surface area contributed by atoms with Gasteiger partial charge in [0, 0.05) is 23.0 Å². The summed E-state index contributed by atoms with van der Waals surface area (Å²) in [6, 6.07) is 7.36. The summed E-state index contributed by atoms with van der Waals surface area (Å²) >= 11 is 7.32. The van der Waals surface area contributed by atoms with Gasteiger partial charge in [0.15, 0.2) is 0 Å². The number of halogens is 1. The first-order chi connectivity index (χ1) is 10.3.